The number of hydrogen-bond acceptors (Lipinski definition) is 5. The summed E-state index contributed by atoms with van der Waals surface area (Å²) in [6.07, 6.45) is 11.0. The van der Waals surface area contributed by atoms with E-state index >= 15 is 0 Å². The number of hydrogen-bond donors (Lipinski definition) is 4. The molecule has 1 aromatic heterocycles. The number of nitrogens with zero attached hydrogens (tertiary/aromatic N) is 1. The van der Waals surface area contributed by atoms with Crippen LogP contribution in [0, 0.1) is 0 Å². The standard InChI is InChI=1S/C19H29N5/c1-2-7-13-12(6-1)21-18(22-13)16-10-5-11-17(20-16)19-23-14-8-3-4-9-15(14)24-19/h5,10-15,18-19,21-24H,1-4,6-9H2/t12-,13-,14-,15-/m1/s1. The Bertz CT molecular complexity index is 516. The van der Waals surface area contributed by atoms with Gasteiger partial charge in [-0.1, -0.05) is 31.7 Å². The molecule has 0 spiro atoms. The second-order valence-corrected chi connectivity index (χ2v) is 8.01. The molecule has 0 amide bonds. The molecule has 4 atom stereocenters. The van der Waals surface area contributed by atoms with E-state index in [2.05, 4.69) is 39.5 Å². The Morgan fingerprint density at radius 2 is 1.00 bits per heavy atom. The molecule has 24 heavy (non-hydrogen) atoms. The van der Waals surface area contributed by atoms with Crippen molar-refractivity contribution in [3.63, 3.8) is 0 Å². The zero-order valence-corrected chi connectivity index (χ0v) is 14.3. The van der Waals surface area contributed by atoms with Gasteiger partial charge in [-0.15, -0.1) is 0 Å². The Kier molecular flexibility index (Phi) is 4.05. The number of nitrogens with one attached hydrogen (secondary N) is 4. The predicted molar refractivity (Wildman–Crippen MR) is 94.3 cm³/mol. The van der Waals surface area contributed by atoms with E-state index in [1.165, 1.54) is 51.4 Å². The van der Waals surface area contributed by atoms with Crippen molar-refractivity contribution in [3.05, 3.63) is 29.6 Å². The van der Waals surface area contributed by atoms with Gasteiger partial charge in [0.15, 0.2) is 0 Å². The first-order valence-corrected chi connectivity index (χ1v) is 9.88. The van der Waals surface area contributed by atoms with Crippen LogP contribution in [0.2, 0.25) is 0 Å². The van der Waals surface area contributed by atoms with Crippen molar-refractivity contribution in [2.75, 3.05) is 0 Å². The number of aromatic nitrogens is 1. The maximum atomic E-state index is 5.00. The van der Waals surface area contributed by atoms with E-state index in [0.29, 0.717) is 24.2 Å². The Labute approximate surface area is 144 Å². The van der Waals surface area contributed by atoms with Crippen molar-refractivity contribution in [3.8, 4) is 0 Å². The summed E-state index contributed by atoms with van der Waals surface area (Å²) in [4.78, 5) is 5.00. The third-order valence-corrected chi connectivity index (χ3v) is 6.44. The topological polar surface area (TPSA) is 61.0 Å². The van der Waals surface area contributed by atoms with Crippen molar-refractivity contribution in [2.24, 2.45) is 0 Å². The molecule has 0 aromatic carbocycles. The highest BCUT2D eigenvalue weighted by atomic mass is 15.3. The van der Waals surface area contributed by atoms with Gasteiger partial charge in [0, 0.05) is 24.2 Å². The van der Waals surface area contributed by atoms with Crippen molar-refractivity contribution >= 4 is 0 Å². The first kappa shape index (κ1) is 15.3. The van der Waals surface area contributed by atoms with Crippen LogP contribution in [0.5, 0.6) is 0 Å². The monoisotopic (exact) mass is 327 g/mol. The van der Waals surface area contributed by atoms with E-state index in [4.69, 9.17) is 4.98 Å². The molecule has 5 heteroatoms. The van der Waals surface area contributed by atoms with E-state index < -0.39 is 0 Å². The lowest BCUT2D eigenvalue weighted by molar-refractivity contribution is 0.374. The fraction of sp³-hybridized carbons (Fsp3) is 0.737. The van der Waals surface area contributed by atoms with Gasteiger partial charge >= 0.3 is 0 Å². The molecule has 4 aliphatic rings. The van der Waals surface area contributed by atoms with Crippen LogP contribution in [0.1, 0.15) is 75.1 Å². The SMILES string of the molecule is c1cc(C2N[C@@H]3CCCC[C@H]3N2)nc(C2N[C@@H]3CCCC[C@H]3N2)c1. The van der Waals surface area contributed by atoms with Gasteiger partial charge in [-0.25, -0.2) is 0 Å². The van der Waals surface area contributed by atoms with Crippen molar-refractivity contribution in [2.45, 2.75) is 87.9 Å². The molecular weight excluding hydrogens is 298 g/mol. The maximum absolute atomic E-state index is 5.00. The number of pyridine rings is 1. The van der Waals surface area contributed by atoms with E-state index in [1.54, 1.807) is 0 Å². The van der Waals surface area contributed by atoms with E-state index in [-0.39, 0.29) is 12.3 Å². The minimum absolute atomic E-state index is 0.210. The molecule has 4 N–H and O–H groups in total. The van der Waals surface area contributed by atoms with Gasteiger partial charge in [0.1, 0.15) is 12.3 Å². The quantitative estimate of drug-likeness (QED) is 0.670. The Hall–Kier alpha value is -1.01. The molecule has 130 valence electrons. The smallest absolute Gasteiger partial charge is 0.102 e. The van der Waals surface area contributed by atoms with Crippen LogP contribution in [0.25, 0.3) is 0 Å². The Morgan fingerprint density at radius 3 is 1.38 bits per heavy atom. The van der Waals surface area contributed by atoms with Gasteiger partial charge in [0.2, 0.25) is 0 Å². The Balaban J connectivity index is 1.32. The van der Waals surface area contributed by atoms with Gasteiger partial charge in [-0.3, -0.25) is 26.3 Å². The lowest BCUT2D eigenvalue weighted by Gasteiger charge is -2.23. The second-order valence-electron chi connectivity index (χ2n) is 8.01. The van der Waals surface area contributed by atoms with Gasteiger partial charge in [-0.05, 0) is 37.8 Å². The molecule has 4 fully saturated rings. The lowest BCUT2D eigenvalue weighted by Crippen LogP contribution is -2.36. The molecular formula is C19H29N5. The van der Waals surface area contributed by atoms with Crippen LogP contribution in [-0.2, 0) is 0 Å². The van der Waals surface area contributed by atoms with E-state index in [1.807, 2.05) is 0 Å². The van der Waals surface area contributed by atoms with Crippen LogP contribution in [-0.4, -0.2) is 29.2 Å². The average Bonchev–Trinajstić information content (AvgIpc) is 3.26. The normalized spacial score (nSPS) is 37.3. The van der Waals surface area contributed by atoms with Crippen LogP contribution in [0.3, 0.4) is 0 Å². The zero-order valence-electron chi connectivity index (χ0n) is 14.3. The fourth-order valence-electron chi connectivity index (χ4n) is 5.14. The van der Waals surface area contributed by atoms with E-state index in [0.717, 1.165) is 11.4 Å². The average molecular weight is 327 g/mol. The highest BCUT2D eigenvalue weighted by Gasteiger charge is 2.37. The van der Waals surface area contributed by atoms with Gasteiger partial charge < -0.3 is 0 Å². The summed E-state index contributed by atoms with van der Waals surface area (Å²) in [5.41, 5.74) is 2.28. The summed E-state index contributed by atoms with van der Waals surface area (Å²) in [5.74, 6) is 0. The second kappa shape index (κ2) is 6.37. The van der Waals surface area contributed by atoms with Crippen molar-refractivity contribution in [1.82, 2.24) is 26.3 Å². The molecule has 1 aromatic rings. The summed E-state index contributed by atoms with van der Waals surface area (Å²) in [7, 11) is 0. The minimum Gasteiger partial charge on any atom is -0.292 e. The summed E-state index contributed by atoms with van der Waals surface area (Å²) in [6.45, 7) is 0. The summed E-state index contributed by atoms with van der Waals surface area (Å²) in [6, 6.07) is 8.98. The Morgan fingerprint density at radius 1 is 0.625 bits per heavy atom. The van der Waals surface area contributed by atoms with Crippen LogP contribution >= 0.6 is 0 Å². The third kappa shape index (κ3) is 2.77. The number of fused-ring (bicyclic) bond motifs is 2. The number of rotatable bonds is 2. The first-order valence-electron chi connectivity index (χ1n) is 9.88. The largest absolute Gasteiger partial charge is 0.292 e. The van der Waals surface area contributed by atoms with Gasteiger partial charge in [-0.2, -0.15) is 0 Å². The lowest BCUT2D eigenvalue weighted by atomic mass is 9.92. The third-order valence-electron chi connectivity index (χ3n) is 6.44. The van der Waals surface area contributed by atoms with Crippen LogP contribution in [0.4, 0.5) is 0 Å². The fourth-order valence-corrected chi connectivity index (χ4v) is 5.14. The highest BCUT2D eigenvalue weighted by molar-refractivity contribution is 5.20. The molecule has 0 bridgehead atoms. The predicted octanol–water partition coefficient (Wildman–Crippen LogP) is 2.09. The molecule has 2 saturated heterocycles. The molecule has 2 aliphatic carbocycles. The highest BCUT2D eigenvalue weighted by Crippen LogP contribution is 2.30. The minimum atomic E-state index is 0.210. The maximum Gasteiger partial charge on any atom is 0.102 e. The molecule has 2 aliphatic heterocycles. The summed E-state index contributed by atoms with van der Waals surface area (Å²) >= 11 is 0. The molecule has 3 heterocycles. The molecule has 0 radical (unpaired) electrons. The zero-order chi connectivity index (χ0) is 15.9. The molecule has 2 saturated carbocycles. The first-order chi connectivity index (χ1) is 11.9. The molecule has 5 rings (SSSR count). The van der Waals surface area contributed by atoms with Gasteiger partial charge in [0.25, 0.3) is 0 Å². The molecule has 0 unspecified atom stereocenters. The summed E-state index contributed by atoms with van der Waals surface area (Å²) < 4.78 is 0. The van der Waals surface area contributed by atoms with Gasteiger partial charge in [0.05, 0.1) is 11.4 Å². The summed E-state index contributed by atoms with van der Waals surface area (Å²) in [5, 5.41) is 15.0. The van der Waals surface area contributed by atoms with E-state index in [9.17, 15) is 0 Å². The van der Waals surface area contributed by atoms with Crippen LogP contribution in [0.15, 0.2) is 18.2 Å². The van der Waals surface area contributed by atoms with Crippen molar-refractivity contribution in [1.29, 1.82) is 0 Å². The van der Waals surface area contributed by atoms with Crippen molar-refractivity contribution < 1.29 is 0 Å². The molecule has 5 nitrogen and oxygen atoms in total. The van der Waals surface area contributed by atoms with Crippen LogP contribution < -0.4 is 21.3 Å².